The maximum absolute atomic E-state index is 14.3. The van der Waals surface area contributed by atoms with Crippen molar-refractivity contribution in [2.45, 2.75) is 44.1 Å². The molecule has 4 aromatic rings. The van der Waals surface area contributed by atoms with Crippen LogP contribution in [0.1, 0.15) is 48.7 Å². The summed E-state index contributed by atoms with van der Waals surface area (Å²) in [5.74, 6) is -0.170. The quantitative estimate of drug-likeness (QED) is 0.271. The van der Waals surface area contributed by atoms with Gasteiger partial charge in [-0.1, -0.05) is 48.5 Å². The average Bonchev–Trinajstić information content (AvgIpc) is 3.55. The molecule has 0 saturated carbocycles. The summed E-state index contributed by atoms with van der Waals surface area (Å²) >= 11 is 0. The number of Topliss-reactive ketones (excluding diaryl/α,β-unsaturated/α-hetero) is 1. The van der Waals surface area contributed by atoms with Crippen LogP contribution >= 0.6 is 0 Å². The minimum absolute atomic E-state index is 0.0940. The van der Waals surface area contributed by atoms with E-state index in [1.807, 2.05) is 30.3 Å². The summed E-state index contributed by atoms with van der Waals surface area (Å²) < 4.78 is 33.5. The topological polar surface area (TPSA) is 109 Å². The monoisotopic (exact) mass is 569 g/mol. The number of likely N-dealkylation sites (tertiary alicyclic amines) is 1. The summed E-state index contributed by atoms with van der Waals surface area (Å²) in [6.07, 6.45) is 1.68. The molecule has 0 radical (unpaired) electrons. The third-order valence-electron chi connectivity index (χ3n) is 7.33. The second kappa shape index (κ2) is 10.5. The smallest absolute Gasteiger partial charge is 0.410 e. The Labute approximate surface area is 239 Å². The number of ether oxygens (including phenoxy) is 1. The Morgan fingerprint density at radius 1 is 1.00 bits per heavy atom. The zero-order chi connectivity index (χ0) is 29.4. The van der Waals surface area contributed by atoms with Crippen molar-refractivity contribution in [2.24, 2.45) is 5.41 Å². The van der Waals surface area contributed by atoms with Gasteiger partial charge in [0.05, 0.1) is 21.4 Å². The number of carbonyl (C=O) groups excluding carboxylic acids is 2. The fraction of sp³-hybridized carbons (Fsp3) is 0.281. The number of benzene rings is 3. The summed E-state index contributed by atoms with van der Waals surface area (Å²) in [6.45, 7) is 5.95. The molecule has 5 rings (SSSR count). The Morgan fingerprint density at radius 2 is 1.66 bits per heavy atom. The van der Waals surface area contributed by atoms with Crippen LogP contribution in [0.25, 0.3) is 10.9 Å². The molecule has 1 atom stereocenters. The van der Waals surface area contributed by atoms with E-state index in [-0.39, 0.29) is 22.8 Å². The predicted molar refractivity (Wildman–Crippen MR) is 155 cm³/mol. The summed E-state index contributed by atoms with van der Waals surface area (Å²) in [4.78, 5) is 28.9. The molecule has 1 unspecified atom stereocenters. The summed E-state index contributed by atoms with van der Waals surface area (Å²) in [6, 6.07) is 24.5. The Hall–Kier alpha value is -4.42. The maximum atomic E-state index is 14.3. The van der Waals surface area contributed by atoms with Gasteiger partial charge in [0.25, 0.3) is 10.0 Å². The van der Waals surface area contributed by atoms with Crippen LogP contribution in [0.15, 0.2) is 90.0 Å². The van der Waals surface area contributed by atoms with Crippen LogP contribution in [0.4, 0.5) is 4.79 Å². The Bertz CT molecular complexity index is 1770. The molecular weight excluding hydrogens is 538 g/mol. The van der Waals surface area contributed by atoms with Gasteiger partial charge in [0.2, 0.25) is 0 Å². The van der Waals surface area contributed by atoms with E-state index >= 15 is 0 Å². The molecule has 1 fully saturated rings. The van der Waals surface area contributed by atoms with Gasteiger partial charge < -0.3 is 9.64 Å². The number of aromatic nitrogens is 1. The number of amides is 1. The number of nitrogens with zero attached hydrogens (tertiary/aromatic N) is 3. The molecule has 1 aromatic heterocycles. The first-order chi connectivity index (χ1) is 19.4. The van der Waals surface area contributed by atoms with Gasteiger partial charge in [0.1, 0.15) is 11.7 Å². The molecule has 0 spiro atoms. The van der Waals surface area contributed by atoms with Crippen molar-refractivity contribution >= 4 is 32.8 Å². The molecule has 210 valence electrons. The third kappa shape index (κ3) is 5.48. The van der Waals surface area contributed by atoms with E-state index < -0.39 is 27.1 Å². The van der Waals surface area contributed by atoms with E-state index in [2.05, 4.69) is 6.07 Å². The first kappa shape index (κ1) is 28.1. The third-order valence-corrected chi connectivity index (χ3v) is 9.01. The molecule has 0 aliphatic carbocycles. The molecule has 8 nitrogen and oxygen atoms in total. The summed E-state index contributed by atoms with van der Waals surface area (Å²) in [5, 5.41) is 10.2. The number of nitriles is 1. The van der Waals surface area contributed by atoms with Crippen molar-refractivity contribution in [1.29, 1.82) is 5.26 Å². The minimum Gasteiger partial charge on any atom is -0.444 e. The van der Waals surface area contributed by atoms with Gasteiger partial charge in [0.15, 0.2) is 5.78 Å². The molecule has 3 aromatic carbocycles. The van der Waals surface area contributed by atoms with Gasteiger partial charge in [0, 0.05) is 30.2 Å². The van der Waals surface area contributed by atoms with Crippen LogP contribution in [0.5, 0.6) is 0 Å². The highest BCUT2D eigenvalue weighted by molar-refractivity contribution is 7.90. The van der Waals surface area contributed by atoms with Crippen molar-refractivity contribution in [3.63, 3.8) is 0 Å². The number of hydrogen-bond acceptors (Lipinski definition) is 6. The van der Waals surface area contributed by atoms with E-state index in [0.717, 1.165) is 9.54 Å². The van der Waals surface area contributed by atoms with Gasteiger partial charge in [-0.2, -0.15) is 5.26 Å². The first-order valence-corrected chi connectivity index (χ1v) is 14.8. The lowest BCUT2D eigenvalue weighted by Crippen LogP contribution is -2.40. The first-order valence-electron chi connectivity index (χ1n) is 13.4. The minimum atomic E-state index is -3.97. The van der Waals surface area contributed by atoms with Crippen molar-refractivity contribution < 1.29 is 22.7 Å². The highest BCUT2D eigenvalue weighted by Gasteiger charge is 2.47. The molecule has 0 N–H and O–H groups in total. The molecule has 1 aliphatic heterocycles. The maximum Gasteiger partial charge on any atom is 0.410 e. The van der Waals surface area contributed by atoms with Gasteiger partial charge in [-0.3, -0.25) is 4.79 Å². The highest BCUT2D eigenvalue weighted by atomic mass is 32.2. The fourth-order valence-corrected chi connectivity index (χ4v) is 6.78. The zero-order valence-electron chi connectivity index (χ0n) is 23.2. The number of ketones is 1. The summed E-state index contributed by atoms with van der Waals surface area (Å²) in [5.41, 5.74) is 0.181. The average molecular weight is 570 g/mol. The van der Waals surface area contributed by atoms with E-state index in [9.17, 15) is 23.3 Å². The van der Waals surface area contributed by atoms with Crippen LogP contribution in [0, 0.1) is 16.7 Å². The normalized spacial score (nSPS) is 17.4. The second-order valence-corrected chi connectivity index (χ2v) is 13.2. The lowest BCUT2D eigenvalue weighted by molar-refractivity contribution is 0.0274. The van der Waals surface area contributed by atoms with Crippen molar-refractivity contribution in [1.82, 2.24) is 8.87 Å². The molecule has 2 heterocycles. The highest BCUT2D eigenvalue weighted by Crippen LogP contribution is 2.39. The Morgan fingerprint density at radius 3 is 2.29 bits per heavy atom. The van der Waals surface area contributed by atoms with E-state index in [0.29, 0.717) is 35.9 Å². The Kier molecular flexibility index (Phi) is 7.22. The number of carbonyl (C=O) groups is 2. The van der Waals surface area contributed by atoms with Crippen LogP contribution < -0.4 is 0 Å². The number of rotatable bonds is 6. The van der Waals surface area contributed by atoms with E-state index in [1.165, 1.54) is 18.3 Å². The van der Waals surface area contributed by atoms with E-state index in [4.69, 9.17) is 4.74 Å². The zero-order valence-corrected chi connectivity index (χ0v) is 24.0. The number of hydrogen-bond donors (Lipinski definition) is 0. The molecular formula is C32H31N3O5S. The van der Waals surface area contributed by atoms with Gasteiger partial charge >= 0.3 is 6.09 Å². The number of fused-ring (bicyclic) bond motifs is 1. The van der Waals surface area contributed by atoms with Crippen molar-refractivity contribution in [3.8, 4) is 6.07 Å². The molecule has 9 heteroatoms. The van der Waals surface area contributed by atoms with Crippen molar-refractivity contribution in [2.75, 3.05) is 13.1 Å². The van der Waals surface area contributed by atoms with Crippen LogP contribution in [0.3, 0.4) is 0 Å². The SMILES string of the molecule is CC(C)(C)OC(=O)N1CCC(Cc2ccccc2)(C(=O)c2ccc3c(c2)c(C#N)cn3S(=O)(=O)c2ccccc2)C1. The molecule has 41 heavy (non-hydrogen) atoms. The fourth-order valence-electron chi connectivity index (χ4n) is 5.39. The molecule has 1 aliphatic rings. The van der Waals surface area contributed by atoms with Crippen LogP contribution in [-0.4, -0.2) is 47.9 Å². The van der Waals surface area contributed by atoms with Gasteiger partial charge in [-0.15, -0.1) is 0 Å². The van der Waals surface area contributed by atoms with E-state index in [1.54, 1.807) is 62.1 Å². The Balaban J connectivity index is 1.55. The van der Waals surface area contributed by atoms with Gasteiger partial charge in [-0.25, -0.2) is 17.2 Å². The van der Waals surface area contributed by atoms with Crippen LogP contribution in [-0.2, 0) is 21.2 Å². The lowest BCUT2D eigenvalue weighted by Gasteiger charge is -2.29. The standard InChI is InChI=1S/C32H31N3O5S/c1-31(2,3)40-30(37)34-17-16-32(22-34,19-23-10-6-4-7-11-23)29(36)24-14-15-28-27(18-24)25(20-33)21-35(28)41(38,39)26-12-8-5-9-13-26/h4-15,18,21H,16-17,19,22H2,1-3H3. The van der Waals surface area contributed by atoms with Crippen molar-refractivity contribution in [3.05, 3.63) is 102 Å². The molecule has 1 amide bonds. The largest absolute Gasteiger partial charge is 0.444 e. The molecule has 0 bridgehead atoms. The molecule has 1 saturated heterocycles. The summed E-state index contributed by atoms with van der Waals surface area (Å²) in [7, 11) is -3.97. The second-order valence-electron chi connectivity index (χ2n) is 11.4. The van der Waals surface area contributed by atoms with Gasteiger partial charge in [-0.05, 0) is 69.5 Å². The lowest BCUT2D eigenvalue weighted by atomic mass is 9.74. The van der Waals surface area contributed by atoms with Crippen LogP contribution in [0.2, 0.25) is 0 Å². The predicted octanol–water partition coefficient (Wildman–Crippen LogP) is 5.80.